The maximum absolute atomic E-state index is 12.2. The zero-order valence-corrected chi connectivity index (χ0v) is 37.9. The number of hydrogen-bond acceptors (Lipinski definition) is 15. The normalized spacial score (nSPS) is 11.6. The Morgan fingerprint density at radius 2 is 1.37 bits per heavy atom. The smallest absolute Gasteiger partial charge is 0.348 e. The number of nitrogens with one attached hydrogen (secondary N) is 3. The lowest BCUT2D eigenvalue weighted by Gasteiger charge is -2.16. The van der Waals surface area contributed by atoms with Gasteiger partial charge in [-0.2, -0.15) is 32.4 Å². The largest absolute Gasteiger partial charge is 0.370 e. The fraction of sp³-hybridized carbons (Fsp3) is 0.0238. The van der Waals surface area contributed by atoms with E-state index in [0.717, 1.165) is 17.4 Å². The molecule has 0 spiro atoms. The molecule has 20 nitrogen and oxygen atoms in total. The third-order valence-electron chi connectivity index (χ3n) is 9.34. The number of amides is 2. The number of anilines is 5. The summed E-state index contributed by atoms with van der Waals surface area (Å²) in [5.74, 6) is -0.454. The molecule has 0 aliphatic carbocycles. The van der Waals surface area contributed by atoms with Crippen molar-refractivity contribution < 1.29 is 30.7 Å². The third-order valence-corrected chi connectivity index (χ3v) is 12.8. The number of carbonyl (C=O) groups excluding carboxylic acids is 1. The third kappa shape index (κ3) is 10.8. The van der Waals surface area contributed by atoms with E-state index in [-0.39, 0.29) is 76.3 Å². The monoisotopic (exact) mass is 993 g/mol. The standard InChI is InChI=1S/C42H29Cl2N13O7S3/c1-21-30(19-45)37(50-27-15-16-32(44)34(18-27)67(62,63)64)52-38(49-25-13-8-24(43)9-14-25)36(21)55-56-39-31(20-46)35(23-6-10-26(11-7-23)51-42(58)53-41(47)48)40(65-39)57-54-28-12-5-22-3-2-4-33(29(22)17-28)66(59,60)61/h2-18H,1H3,(H2,49,50,52)(H,59,60,61)(H,62,63,64)(H5,47,48,51,53,58). The number of azo groups is 2. The fourth-order valence-electron chi connectivity index (χ4n) is 6.34. The molecule has 0 saturated carbocycles. The number of nitrogens with two attached hydrogens (primary N) is 2. The van der Waals surface area contributed by atoms with Gasteiger partial charge < -0.3 is 27.4 Å². The molecular formula is C42H29Cl2N13O7S3. The highest BCUT2D eigenvalue weighted by Gasteiger charge is 2.24. The lowest BCUT2D eigenvalue weighted by Crippen LogP contribution is -2.25. The molecule has 0 aliphatic heterocycles. The number of nitrogens with zero attached hydrogens (tertiary/aromatic N) is 8. The highest BCUT2D eigenvalue weighted by molar-refractivity contribution is 7.86. The number of aliphatic imine (C=N–C) groups is 1. The predicted molar refractivity (Wildman–Crippen MR) is 254 cm³/mol. The second-order valence-corrected chi connectivity index (χ2v) is 18.4. The van der Waals surface area contributed by atoms with Gasteiger partial charge in [0.1, 0.15) is 38.2 Å². The number of thiophene rings is 1. The van der Waals surface area contributed by atoms with Crippen LogP contribution in [0, 0.1) is 29.6 Å². The highest BCUT2D eigenvalue weighted by Crippen LogP contribution is 2.49. The molecule has 336 valence electrons. The van der Waals surface area contributed by atoms with Crippen LogP contribution in [0.25, 0.3) is 21.9 Å². The van der Waals surface area contributed by atoms with E-state index in [2.05, 4.69) is 58.5 Å². The van der Waals surface area contributed by atoms with Crippen LogP contribution in [-0.4, -0.2) is 42.9 Å². The Balaban J connectivity index is 1.36. The first-order chi connectivity index (χ1) is 31.8. The van der Waals surface area contributed by atoms with E-state index in [9.17, 15) is 41.3 Å². The van der Waals surface area contributed by atoms with Crippen molar-refractivity contribution in [2.24, 2.45) is 36.9 Å². The van der Waals surface area contributed by atoms with Gasteiger partial charge >= 0.3 is 6.03 Å². The Morgan fingerprint density at radius 3 is 2.03 bits per heavy atom. The Hall–Kier alpha value is -7.87. The van der Waals surface area contributed by atoms with Crippen molar-refractivity contribution in [2.45, 2.75) is 16.7 Å². The van der Waals surface area contributed by atoms with Crippen molar-refractivity contribution in [1.29, 1.82) is 10.5 Å². The number of aromatic nitrogens is 1. The van der Waals surface area contributed by atoms with Gasteiger partial charge in [-0.1, -0.05) is 64.9 Å². The molecule has 0 bridgehead atoms. The van der Waals surface area contributed by atoms with Gasteiger partial charge in [-0.05, 0) is 90.7 Å². The fourth-order valence-corrected chi connectivity index (χ4v) is 9.09. The quantitative estimate of drug-likeness (QED) is 0.0259. The average molecular weight is 995 g/mol. The summed E-state index contributed by atoms with van der Waals surface area (Å²) in [6.45, 7) is 1.56. The summed E-state index contributed by atoms with van der Waals surface area (Å²) >= 11 is 13.1. The number of halogens is 2. The van der Waals surface area contributed by atoms with Crippen LogP contribution in [0.1, 0.15) is 16.7 Å². The molecule has 9 N–H and O–H groups in total. The maximum atomic E-state index is 12.2. The highest BCUT2D eigenvalue weighted by atomic mass is 35.5. The van der Waals surface area contributed by atoms with E-state index in [4.69, 9.17) is 34.7 Å². The number of fused-ring (bicyclic) bond motifs is 1. The van der Waals surface area contributed by atoms with E-state index in [1.54, 1.807) is 61.5 Å². The number of carbonyl (C=O) groups is 1. The number of pyridine rings is 1. The minimum absolute atomic E-state index is 0.0128. The molecule has 2 amide bonds. The molecular weight excluding hydrogens is 966 g/mol. The Bertz CT molecular complexity index is 3550. The summed E-state index contributed by atoms with van der Waals surface area (Å²) in [4.78, 5) is 19.3. The van der Waals surface area contributed by atoms with Crippen LogP contribution in [-0.2, 0) is 20.2 Å². The first kappa shape index (κ1) is 47.1. The topological polar surface area (TPSA) is 336 Å². The molecule has 67 heavy (non-hydrogen) atoms. The SMILES string of the molecule is Cc1c(C#N)c(Nc2ccc(Cl)c(S(=O)(=O)O)c2)nc(Nc2ccc(Cl)cc2)c1N=Nc1sc(N=Nc2ccc3cccc(S(=O)(=O)O)c3c2)c(-c2ccc(NC(=O)N=C(N)N)cc2)c1C#N. The zero-order chi connectivity index (χ0) is 48.2. The van der Waals surface area contributed by atoms with Gasteiger partial charge in [0, 0.05) is 38.6 Å². The zero-order valence-electron chi connectivity index (χ0n) is 34.0. The van der Waals surface area contributed by atoms with E-state index in [0.29, 0.717) is 27.3 Å². The van der Waals surface area contributed by atoms with Crippen LogP contribution < -0.4 is 27.4 Å². The number of urea groups is 1. The Morgan fingerprint density at radius 1 is 0.731 bits per heavy atom. The molecule has 25 heteroatoms. The number of benzene rings is 5. The molecule has 0 saturated heterocycles. The molecule has 7 rings (SSSR count). The summed E-state index contributed by atoms with van der Waals surface area (Å²) in [6, 6.07) is 28.8. The number of nitriles is 2. The number of guanidine groups is 1. The number of rotatable bonds is 12. The second-order valence-electron chi connectivity index (χ2n) is 13.8. The van der Waals surface area contributed by atoms with Gasteiger partial charge in [-0.15, -0.1) is 20.5 Å². The minimum atomic E-state index is -4.73. The van der Waals surface area contributed by atoms with Gasteiger partial charge in [0.25, 0.3) is 20.2 Å². The minimum Gasteiger partial charge on any atom is -0.370 e. The van der Waals surface area contributed by atoms with E-state index in [1.807, 2.05) is 0 Å². The van der Waals surface area contributed by atoms with E-state index < -0.39 is 37.1 Å². The van der Waals surface area contributed by atoms with Gasteiger partial charge in [0.15, 0.2) is 22.6 Å². The van der Waals surface area contributed by atoms with Crippen molar-refractivity contribution in [3.8, 4) is 23.3 Å². The van der Waals surface area contributed by atoms with Gasteiger partial charge in [-0.3, -0.25) is 9.11 Å². The van der Waals surface area contributed by atoms with Crippen LogP contribution in [0.5, 0.6) is 0 Å². The van der Waals surface area contributed by atoms with Crippen molar-refractivity contribution in [1.82, 2.24) is 4.98 Å². The summed E-state index contributed by atoms with van der Waals surface area (Å²) in [6.07, 6.45) is 0. The second kappa shape index (κ2) is 19.3. The molecule has 0 atom stereocenters. The first-order valence-electron chi connectivity index (χ1n) is 18.8. The average Bonchev–Trinajstić information content (AvgIpc) is 3.63. The molecule has 5 aromatic carbocycles. The van der Waals surface area contributed by atoms with Crippen molar-refractivity contribution in [2.75, 3.05) is 16.0 Å². The van der Waals surface area contributed by atoms with E-state index in [1.165, 1.54) is 42.5 Å². The van der Waals surface area contributed by atoms with Crippen LogP contribution in [0.4, 0.5) is 54.9 Å². The lowest BCUT2D eigenvalue weighted by atomic mass is 10.0. The van der Waals surface area contributed by atoms with Crippen molar-refractivity contribution >= 4 is 128 Å². The molecule has 0 fully saturated rings. The summed E-state index contributed by atoms with van der Waals surface area (Å²) in [5.41, 5.74) is 12.6. The molecule has 0 unspecified atom stereocenters. The van der Waals surface area contributed by atoms with Crippen molar-refractivity contribution in [3.63, 3.8) is 0 Å². The number of hydrogen-bond donors (Lipinski definition) is 7. The summed E-state index contributed by atoms with van der Waals surface area (Å²) in [5, 5.41) is 48.5. The molecule has 0 aliphatic rings. The van der Waals surface area contributed by atoms with Gasteiger partial charge in [0.2, 0.25) is 0 Å². The van der Waals surface area contributed by atoms with Crippen LogP contribution in [0.15, 0.2) is 138 Å². The summed E-state index contributed by atoms with van der Waals surface area (Å²) < 4.78 is 68.0. The van der Waals surface area contributed by atoms with Crippen LogP contribution >= 0.6 is 34.5 Å². The van der Waals surface area contributed by atoms with Crippen molar-refractivity contribution in [3.05, 3.63) is 130 Å². The van der Waals surface area contributed by atoms with E-state index >= 15 is 0 Å². The molecule has 7 aromatic rings. The first-order valence-corrected chi connectivity index (χ1v) is 23.2. The molecule has 2 heterocycles. The summed E-state index contributed by atoms with van der Waals surface area (Å²) in [7, 11) is -9.34. The lowest BCUT2D eigenvalue weighted by molar-refractivity contribution is 0.259. The van der Waals surface area contributed by atoms with Gasteiger partial charge in [-0.25, -0.2) is 9.78 Å². The molecule has 2 aromatic heterocycles. The maximum Gasteiger partial charge on any atom is 0.348 e. The van der Waals surface area contributed by atoms with Gasteiger partial charge in [0.05, 0.1) is 16.3 Å². The Labute approximate surface area is 394 Å². The van der Waals surface area contributed by atoms with Crippen LogP contribution in [0.2, 0.25) is 10.0 Å². The Kier molecular flexibility index (Phi) is 13.6. The van der Waals surface area contributed by atoms with Crippen LogP contribution in [0.3, 0.4) is 0 Å². The predicted octanol–water partition coefficient (Wildman–Crippen LogP) is 10.9. The molecule has 0 radical (unpaired) electrons.